The third-order valence-electron chi connectivity index (χ3n) is 6.16. The number of rotatable bonds is 4. The summed E-state index contributed by atoms with van der Waals surface area (Å²) in [5, 5.41) is 0. The molecule has 0 N–H and O–H groups in total. The molecule has 2 aromatic carbocycles. The zero-order valence-electron chi connectivity index (χ0n) is 17.2. The first-order valence-corrected chi connectivity index (χ1v) is 10.5. The van der Waals surface area contributed by atoms with Crippen LogP contribution in [0.3, 0.4) is 0 Å². The van der Waals surface area contributed by atoms with E-state index in [1.807, 2.05) is 77.4 Å². The normalized spacial score (nSPS) is 20.4. The van der Waals surface area contributed by atoms with E-state index in [-0.39, 0.29) is 36.1 Å². The molecule has 0 radical (unpaired) electrons. The van der Waals surface area contributed by atoms with Gasteiger partial charge in [-0.05, 0) is 24.6 Å². The largest absolute Gasteiger partial charge is 0.339 e. The van der Waals surface area contributed by atoms with Crippen LogP contribution in [-0.4, -0.2) is 65.1 Å². The molecule has 0 saturated carbocycles. The highest BCUT2D eigenvalue weighted by Gasteiger charge is 2.39. The lowest BCUT2D eigenvalue weighted by molar-refractivity contribution is -0.137. The Morgan fingerprint density at radius 3 is 2.07 bits per heavy atom. The van der Waals surface area contributed by atoms with Crippen LogP contribution in [0.5, 0.6) is 0 Å². The second-order valence-corrected chi connectivity index (χ2v) is 8.02. The van der Waals surface area contributed by atoms with E-state index in [1.165, 1.54) is 0 Å². The number of nitrogens with zero attached hydrogens (tertiary/aromatic N) is 3. The van der Waals surface area contributed by atoms with Gasteiger partial charge in [-0.15, -0.1) is 0 Å². The molecule has 0 spiro atoms. The molecule has 6 nitrogen and oxygen atoms in total. The Labute approximate surface area is 177 Å². The van der Waals surface area contributed by atoms with Gasteiger partial charge >= 0.3 is 0 Å². The first-order valence-electron chi connectivity index (χ1n) is 10.5. The fourth-order valence-electron chi connectivity index (χ4n) is 4.33. The van der Waals surface area contributed by atoms with Crippen LogP contribution in [0.4, 0.5) is 0 Å². The van der Waals surface area contributed by atoms with Crippen molar-refractivity contribution in [3.63, 3.8) is 0 Å². The predicted molar refractivity (Wildman–Crippen MR) is 114 cm³/mol. The van der Waals surface area contributed by atoms with Gasteiger partial charge in [-0.3, -0.25) is 14.4 Å². The summed E-state index contributed by atoms with van der Waals surface area (Å²) in [5.41, 5.74) is 1.75. The Morgan fingerprint density at radius 1 is 0.867 bits per heavy atom. The lowest BCUT2D eigenvalue weighted by Crippen LogP contribution is -2.52. The summed E-state index contributed by atoms with van der Waals surface area (Å²) in [6, 6.07) is 19.1. The summed E-state index contributed by atoms with van der Waals surface area (Å²) in [6.45, 7) is 4.52. The van der Waals surface area contributed by atoms with E-state index >= 15 is 0 Å². The van der Waals surface area contributed by atoms with Gasteiger partial charge in [0, 0.05) is 44.7 Å². The molecule has 6 heteroatoms. The highest BCUT2D eigenvalue weighted by Crippen LogP contribution is 2.29. The van der Waals surface area contributed by atoms with Crippen LogP contribution >= 0.6 is 0 Å². The van der Waals surface area contributed by atoms with Crippen molar-refractivity contribution in [3.8, 4) is 0 Å². The molecule has 0 bridgehead atoms. The molecule has 4 rings (SSSR count). The van der Waals surface area contributed by atoms with Crippen molar-refractivity contribution in [3.05, 3.63) is 71.8 Å². The summed E-state index contributed by atoms with van der Waals surface area (Å²) in [5.74, 6) is -0.248. The molecule has 156 valence electrons. The van der Waals surface area contributed by atoms with Crippen molar-refractivity contribution in [2.75, 3.05) is 32.7 Å². The van der Waals surface area contributed by atoms with Crippen molar-refractivity contribution in [2.45, 2.75) is 19.4 Å². The zero-order valence-corrected chi connectivity index (χ0v) is 17.2. The van der Waals surface area contributed by atoms with Gasteiger partial charge in [-0.25, -0.2) is 0 Å². The molecule has 2 fully saturated rings. The zero-order chi connectivity index (χ0) is 21.1. The Balaban J connectivity index is 1.33. The van der Waals surface area contributed by atoms with E-state index in [4.69, 9.17) is 0 Å². The maximum absolute atomic E-state index is 13.0. The summed E-state index contributed by atoms with van der Waals surface area (Å²) in [7, 11) is 0. The van der Waals surface area contributed by atoms with Gasteiger partial charge in [0.15, 0.2) is 0 Å². The number of carbonyl (C=O) groups is 3. The van der Waals surface area contributed by atoms with Crippen LogP contribution in [0, 0.1) is 5.92 Å². The molecule has 3 amide bonds. The average Bonchev–Trinajstić information content (AvgIpc) is 3.20. The third-order valence-corrected chi connectivity index (χ3v) is 6.16. The fourth-order valence-corrected chi connectivity index (χ4v) is 4.33. The van der Waals surface area contributed by atoms with Crippen molar-refractivity contribution in [2.24, 2.45) is 5.92 Å². The van der Waals surface area contributed by atoms with Gasteiger partial charge in [-0.1, -0.05) is 48.5 Å². The standard InChI is InChI=1S/C24H27N3O3/c1-18(19-8-4-2-5-9-19)27-17-21(16-22(27)28)24(30)26-14-12-25(13-15-26)23(29)20-10-6-3-7-11-20/h2-11,18,21H,12-17H2,1H3/t18-,21+/m1/s1. The molecule has 2 heterocycles. The van der Waals surface area contributed by atoms with Crippen molar-refractivity contribution >= 4 is 17.7 Å². The third kappa shape index (κ3) is 4.08. The van der Waals surface area contributed by atoms with Crippen LogP contribution < -0.4 is 0 Å². The quantitative estimate of drug-likeness (QED) is 0.786. The molecular weight excluding hydrogens is 378 g/mol. The summed E-state index contributed by atoms with van der Waals surface area (Å²) < 4.78 is 0. The minimum Gasteiger partial charge on any atom is -0.339 e. The van der Waals surface area contributed by atoms with Crippen molar-refractivity contribution in [1.82, 2.24) is 14.7 Å². The molecule has 2 aromatic rings. The average molecular weight is 405 g/mol. The number of amides is 3. The minimum absolute atomic E-state index is 0.00149. The summed E-state index contributed by atoms with van der Waals surface area (Å²) in [6.07, 6.45) is 0.263. The van der Waals surface area contributed by atoms with Crippen LogP contribution in [-0.2, 0) is 9.59 Å². The minimum atomic E-state index is -0.306. The van der Waals surface area contributed by atoms with E-state index in [2.05, 4.69) is 0 Å². The Hall–Kier alpha value is -3.15. The van der Waals surface area contributed by atoms with Crippen molar-refractivity contribution < 1.29 is 14.4 Å². The van der Waals surface area contributed by atoms with E-state index in [1.54, 1.807) is 4.90 Å². The lowest BCUT2D eigenvalue weighted by Gasteiger charge is -2.36. The Bertz CT molecular complexity index is 908. The molecule has 2 aliphatic heterocycles. The van der Waals surface area contributed by atoms with Gasteiger partial charge in [0.1, 0.15) is 0 Å². The molecule has 30 heavy (non-hydrogen) atoms. The van der Waals surface area contributed by atoms with Crippen LogP contribution in [0.15, 0.2) is 60.7 Å². The number of benzene rings is 2. The fraction of sp³-hybridized carbons (Fsp3) is 0.375. The smallest absolute Gasteiger partial charge is 0.253 e. The molecule has 0 aliphatic carbocycles. The summed E-state index contributed by atoms with van der Waals surface area (Å²) in [4.78, 5) is 43.6. The van der Waals surface area contributed by atoms with Gasteiger partial charge in [0.05, 0.1) is 12.0 Å². The van der Waals surface area contributed by atoms with E-state index in [9.17, 15) is 14.4 Å². The first kappa shape index (κ1) is 20.1. The SMILES string of the molecule is C[C@H](c1ccccc1)N1C[C@@H](C(=O)N2CCN(C(=O)c3ccccc3)CC2)CC1=O. The number of hydrogen-bond donors (Lipinski definition) is 0. The molecule has 0 unspecified atom stereocenters. The van der Waals surface area contributed by atoms with Crippen LogP contribution in [0.2, 0.25) is 0 Å². The maximum atomic E-state index is 13.0. The lowest BCUT2D eigenvalue weighted by atomic mass is 10.1. The van der Waals surface area contributed by atoms with Gasteiger partial charge in [0.2, 0.25) is 11.8 Å². The van der Waals surface area contributed by atoms with Gasteiger partial charge < -0.3 is 14.7 Å². The Kier molecular flexibility index (Phi) is 5.84. The predicted octanol–water partition coefficient (Wildman–Crippen LogP) is 2.58. The van der Waals surface area contributed by atoms with Gasteiger partial charge in [0.25, 0.3) is 5.91 Å². The van der Waals surface area contributed by atoms with Crippen LogP contribution in [0.25, 0.3) is 0 Å². The highest BCUT2D eigenvalue weighted by molar-refractivity contribution is 5.94. The highest BCUT2D eigenvalue weighted by atomic mass is 16.2. The second-order valence-electron chi connectivity index (χ2n) is 8.02. The monoisotopic (exact) mass is 405 g/mol. The second kappa shape index (κ2) is 8.69. The molecule has 2 atom stereocenters. The molecular formula is C24H27N3O3. The van der Waals surface area contributed by atoms with Crippen LogP contribution in [0.1, 0.15) is 35.3 Å². The van der Waals surface area contributed by atoms with E-state index in [0.717, 1.165) is 5.56 Å². The first-order chi connectivity index (χ1) is 14.5. The van der Waals surface area contributed by atoms with Crippen molar-refractivity contribution in [1.29, 1.82) is 0 Å². The number of piperazine rings is 1. The molecule has 2 aliphatic rings. The van der Waals surface area contributed by atoms with E-state index in [0.29, 0.717) is 38.3 Å². The topological polar surface area (TPSA) is 60.9 Å². The maximum Gasteiger partial charge on any atom is 0.253 e. The number of hydrogen-bond acceptors (Lipinski definition) is 3. The van der Waals surface area contributed by atoms with Gasteiger partial charge in [-0.2, -0.15) is 0 Å². The number of likely N-dealkylation sites (tertiary alicyclic amines) is 1. The molecule has 0 aromatic heterocycles. The number of carbonyl (C=O) groups excluding carboxylic acids is 3. The molecule has 2 saturated heterocycles. The van der Waals surface area contributed by atoms with E-state index < -0.39 is 0 Å². The Morgan fingerprint density at radius 2 is 1.43 bits per heavy atom. The summed E-state index contributed by atoms with van der Waals surface area (Å²) >= 11 is 0.